The van der Waals surface area contributed by atoms with Crippen LogP contribution >= 0.6 is 22.9 Å². The van der Waals surface area contributed by atoms with Gasteiger partial charge in [-0.15, -0.1) is 0 Å². The molecule has 1 atom stereocenters. The molecule has 160 valence electrons. The van der Waals surface area contributed by atoms with Crippen molar-refractivity contribution in [3.63, 3.8) is 0 Å². The van der Waals surface area contributed by atoms with E-state index in [9.17, 15) is 9.18 Å². The summed E-state index contributed by atoms with van der Waals surface area (Å²) in [5, 5.41) is 5.67. The molecule has 0 aliphatic heterocycles. The van der Waals surface area contributed by atoms with Gasteiger partial charge in [0, 0.05) is 5.69 Å². The SMILES string of the molecule is Cc1nc2c(NC(C)c3cc4cccc(Cl)c4c(=O)n3-c3cccc(F)c3)ncnc2s1. The van der Waals surface area contributed by atoms with E-state index >= 15 is 0 Å². The number of aryl methyl sites for hydroxylation is 1. The molecule has 0 spiro atoms. The number of thiazole rings is 1. The Labute approximate surface area is 191 Å². The summed E-state index contributed by atoms with van der Waals surface area (Å²) in [5.74, 6) is 0.131. The van der Waals surface area contributed by atoms with E-state index in [0.717, 1.165) is 9.84 Å². The first-order chi connectivity index (χ1) is 15.4. The lowest BCUT2D eigenvalue weighted by atomic mass is 10.1. The molecule has 0 radical (unpaired) electrons. The number of fused-ring (bicyclic) bond motifs is 2. The molecule has 5 aromatic rings. The fourth-order valence-corrected chi connectivity index (χ4v) is 4.80. The van der Waals surface area contributed by atoms with Gasteiger partial charge in [-0.05, 0) is 49.6 Å². The lowest BCUT2D eigenvalue weighted by molar-refractivity contribution is 0.625. The van der Waals surface area contributed by atoms with Crippen LogP contribution in [-0.2, 0) is 0 Å². The zero-order valence-electron chi connectivity index (χ0n) is 17.1. The average molecular weight is 466 g/mol. The number of nitrogens with one attached hydrogen (secondary N) is 1. The molecule has 3 aromatic heterocycles. The molecule has 3 heterocycles. The average Bonchev–Trinajstić information content (AvgIpc) is 3.14. The smallest absolute Gasteiger partial charge is 0.264 e. The Morgan fingerprint density at radius 2 is 1.97 bits per heavy atom. The zero-order chi connectivity index (χ0) is 22.4. The molecule has 5 rings (SSSR count). The van der Waals surface area contributed by atoms with Crippen LogP contribution in [0.3, 0.4) is 0 Å². The number of anilines is 1. The van der Waals surface area contributed by atoms with Gasteiger partial charge >= 0.3 is 0 Å². The number of benzene rings is 2. The molecule has 6 nitrogen and oxygen atoms in total. The molecular formula is C23H17ClFN5OS. The predicted octanol–water partition coefficient (Wildman–Crippen LogP) is 5.66. The summed E-state index contributed by atoms with van der Waals surface area (Å²) < 4.78 is 15.5. The van der Waals surface area contributed by atoms with Crippen LogP contribution in [0.1, 0.15) is 23.7 Å². The van der Waals surface area contributed by atoms with Gasteiger partial charge in [0.2, 0.25) is 0 Å². The van der Waals surface area contributed by atoms with E-state index in [0.29, 0.717) is 38.5 Å². The normalized spacial score (nSPS) is 12.4. The summed E-state index contributed by atoms with van der Waals surface area (Å²) in [6.07, 6.45) is 1.48. The third kappa shape index (κ3) is 3.51. The van der Waals surface area contributed by atoms with Gasteiger partial charge in [-0.3, -0.25) is 9.36 Å². The maximum Gasteiger partial charge on any atom is 0.264 e. The van der Waals surface area contributed by atoms with Gasteiger partial charge in [0.05, 0.1) is 27.1 Å². The van der Waals surface area contributed by atoms with Gasteiger partial charge in [0.15, 0.2) is 5.82 Å². The highest BCUT2D eigenvalue weighted by Gasteiger charge is 2.20. The minimum atomic E-state index is -0.435. The standard InChI is InChI=1S/C23H17ClFN5OS/c1-12(28-21-20-22(27-11-26-21)32-13(2)29-20)18-9-14-5-3-8-17(24)19(14)23(31)30(18)16-7-4-6-15(25)10-16/h3-12H,1-2H3,(H,26,27,28). The lowest BCUT2D eigenvalue weighted by Crippen LogP contribution is -2.26. The summed E-state index contributed by atoms with van der Waals surface area (Å²) in [7, 11) is 0. The van der Waals surface area contributed by atoms with Crippen LogP contribution in [0.25, 0.3) is 26.8 Å². The maximum atomic E-state index is 14.1. The highest BCUT2D eigenvalue weighted by Crippen LogP contribution is 2.29. The van der Waals surface area contributed by atoms with Crippen molar-refractivity contribution < 1.29 is 4.39 Å². The molecule has 1 unspecified atom stereocenters. The van der Waals surface area contributed by atoms with E-state index < -0.39 is 5.82 Å². The third-order valence-electron chi connectivity index (χ3n) is 5.19. The molecule has 0 saturated heterocycles. The maximum absolute atomic E-state index is 14.1. The van der Waals surface area contributed by atoms with E-state index in [2.05, 4.69) is 20.3 Å². The molecule has 2 aromatic carbocycles. The Balaban J connectivity index is 1.71. The Morgan fingerprint density at radius 3 is 2.78 bits per heavy atom. The van der Waals surface area contributed by atoms with Crippen molar-refractivity contribution >= 4 is 49.9 Å². The van der Waals surface area contributed by atoms with Crippen molar-refractivity contribution in [1.29, 1.82) is 0 Å². The third-order valence-corrected chi connectivity index (χ3v) is 6.38. The van der Waals surface area contributed by atoms with Gasteiger partial charge in [0.1, 0.15) is 22.5 Å². The first kappa shape index (κ1) is 20.5. The van der Waals surface area contributed by atoms with Crippen LogP contribution in [0.2, 0.25) is 5.02 Å². The Morgan fingerprint density at radius 1 is 1.16 bits per heavy atom. The van der Waals surface area contributed by atoms with Gasteiger partial charge in [-0.1, -0.05) is 41.1 Å². The van der Waals surface area contributed by atoms with E-state index in [1.165, 1.54) is 34.4 Å². The van der Waals surface area contributed by atoms with Crippen LogP contribution in [0.4, 0.5) is 10.2 Å². The first-order valence-electron chi connectivity index (χ1n) is 9.87. The molecule has 1 N–H and O–H groups in total. The highest BCUT2D eigenvalue weighted by molar-refractivity contribution is 7.18. The fourth-order valence-electron chi connectivity index (χ4n) is 3.78. The van der Waals surface area contributed by atoms with Gasteiger partial charge in [-0.2, -0.15) is 0 Å². The number of hydrogen-bond acceptors (Lipinski definition) is 6. The number of pyridine rings is 1. The Hall–Kier alpha value is -3.36. The molecule has 0 aliphatic carbocycles. The second-order valence-electron chi connectivity index (χ2n) is 7.37. The van der Waals surface area contributed by atoms with Gasteiger partial charge < -0.3 is 5.32 Å². The quantitative estimate of drug-likeness (QED) is 0.370. The summed E-state index contributed by atoms with van der Waals surface area (Å²) in [6, 6.07) is 12.7. The van der Waals surface area contributed by atoms with E-state index in [1.54, 1.807) is 24.3 Å². The van der Waals surface area contributed by atoms with Gasteiger partial charge in [0.25, 0.3) is 5.56 Å². The second-order valence-corrected chi connectivity index (χ2v) is 8.96. The summed E-state index contributed by atoms with van der Waals surface area (Å²) >= 11 is 7.84. The van der Waals surface area contributed by atoms with Crippen molar-refractivity contribution in [3.8, 4) is 5.69 Å². The minimum Gasteiger partial charge on any atom is -0.360 e. The number of nitrogens with zero attached hydrogens (tertiary/aromatic N) is 4. The van der Waals surface area contributed by atoms with Crippen molar-refractivity contribution in [2.75, 3.05) is 5.32 Å². The monoisotopic (exact) mass is 465 g/mol. The molecule has 0 aliphatic rings. The Bertz CT molecular complexity index is 1550. The Kier molecular flexibility index (Phi) is 5.11. The van der Waals surface area contributed by atoms with Crippen LogP contribution in [0.15, 0.2) is 59.7 Å². The summed E-state index contributed by atoms with van der Waals surface area (Å²) in [5.41, 5.74) is 1.40. The predicted molar refractivity (Wildman–Crippen MR) is 126 cm³/mol. The molecule has 9 heteroatoms. The fraction of sp³-hybridized carbons (Fsp3) is 0.130. The zero-order valence-corrected chi connectivity index (χ0v) is 18.7. The first-order valence-corrected chi connectivity index (χ1v) is 11.1. The van der Waals surface area contributed by atoms with E-state index in [-0.39, 0.29) is 11.6 Å². The number of halogens is 2. The number of aromatic nitrogens is 4. The minimum absolute atomic E-state index is 0.320. The molecule has 0 fully saturated rings. The largest absolute Gasteiger partial charge is 0.360 e. The van der Waals surface area contributed by atoms with Crippen molar-refractivity contribution in [1.82, 2.24) is 19.5 Å². The second kappa shape index (κ2) is 7.96. The van der Waals surface area contributed by atoms with Crippen LogP contribution in [0, 0.1) is 12.7 Å². The lowest BCUT2D eigenvalue weighted by Gasteiger charge is -2.21. The topological polar surface area (TPSA) is 72.7 Å². The number of rotatable bonds is 4. The van der Waals surface area contributed by atoms with Crippen molar-refractivity contribution in [3.05, 3.63) is 86.8 Å². The molecular weight excluding hydrogens is 449 g/mol. The van der Waals surface area contributed by atoms with E-state index in [1.807, 2.05) is 26.0 Å². The molecule has 32 heavy (non-hydrogen) atoms. The number of hydrogen-bond donors (Lipinski definition) is 1. The van der Waals surface area contributed by atoms with Crippen molar-refractivity contribution in [2.45, 2.75) is 19.9 Å². The van der Waals surface area contributed by atoms with Gasteiger partial charge in [-0.25, -0.2) is 19.3 Å². The summed E-state index contributed by atoms with van der Waals surface area (Å²) in [6.45, 7) is 3.82. The molecule has 0 bridgehead atoms. The molecule has 0 amide bonds. The van der Waals surface area contributed by atoms with Crippen LogP contribution < -0.4 is 10.9 Å². The highest BCUT2D eigenvalue weighted by atomic mass is 35.5. The van der Waals surface area contributed by atoms with Crippen molar-refractivity contribution in [2.24, 2.45) is 0 Å². The van der Waals surface area contributed by atoms with E-state index in [4.69, 9.17) is 11.6 Å². The van der Waals surface area contributed by atoms with Crippen LogP contribution in [0.5, 0.6) is 0 Å². The molecule has 0 saturated carbocycles. The van der Waals surface area contributed by atoms with Crippen LogP contribution in [-0.4, -0.2) is 19.5 Å². The summed E-state index contributed by atoms with van der Waals surface area (Å²) in [4.78, 5) is 27.5.